The van der Waals surface area contributed by atoms with Crippen molar-refractivity contribution in [2.24, 2.45) is 4.99 Å². The average Bonchev–Trinajstić information content (AvgIpc) is 3.01. The Morgan fingerprint density at radius 3 is 2.85 bits per heavy atom. The van der Waals surface area contributed by atoms with E-state index in [1.165, 1.54) is 11.1 Å². The fraction of sp³-hybridized carbons (Fsp3) is 0.500. The number of ether oxygens (including phenoxy) is 1. The first-order valence-corrected chi connectivity index (χ1v) is 9.32. The topological polar surface area (TPSA) is 74.3 Å². The molecule has 6 nitrogen and oxygen atoms in total. The molecule has 0 radical (unpaired) electrons. The van der Waals surface area contributed by atoms with Gasteiger partial charge in [0.1, 0.15) is 11.9 Å². The number of nitrogens with zero attached hydrogens (tertiary/aromatic N) is 2. The van der Waals surface area contributed by atoms with Crippen molar-refractivity contribution in [2.75, 3.05) is 19.6 Å². The molecule has 26 heavy (non-hydrogen) atoms. The lowest BCUT2D eigenvalue weighted by Crippen LogP contribution is -2.38. The number of benzene rings is 1. The van der Waals surface area contributed by atoms with Crippen LogP contribution in [-0.4, -0.2) is 41.9 Å². The lowest BCUT2D eigenvalue weighted by atomic mass is 10.1. The van der Waals surface area contributed by atoms with Crippen molar-refractivity contribution < 1.29 is 4.74 Å². The van der Waals surface area contributed by atoms with Crippen LogP contribution in [0.15, 0.2) is 35.5 Å². The van der Waals surface area contributed by atoms with Gasteiger partial charge >= 0.3 is 0 Å². The van der Waals surface area contributed by atoms with E-state index in [-0.39, 0.29) is 6.10 Å². The van der Waals surface area contributed by atoms with Gasteiger partial charge < -0.3 is 15.4 Å². The molecule has 0 fully saturated rings. The quantitative estimate of drug-likeness (QED) is 0.366. The number of aryl methyl sites for hydroxylation is 3. The standard InChI is InChI=1S/C20H31N5O/c1-5-21-20(22-11-7-9-18-14-24-25-17(18)4)23-13-16(3)26-19-10-6-8-15(2)12-19/h6,8,10,12,14,16H,5,7,9,11,13H2,1-4H3,(H,24,25)(H2,21,22,23). The number of hydrogen-bond donors (Lipinski definition) is 3. The lowest BCUT2D eigenvalue weighted by molar-refractivity contribution is 0.230. The van der Waals surface area contributed by atoms with E-state index in [0.717, 1.165) is 43.3 Å². The van der Waals surface area contributed by atoms with Crippen LogP contribution < -0.4 is 15.4 Å². The molecule has 1 aromatic carbocycles. The summed E-state index contributed by atoms with van der Waals surface area (Å²) in [7, 11) is 0. The van der Waals surface area contributed by atoms with E-state index in [9.17, 15) is 0 Å². The van der Waals surface area contributed by atoms with Crippen molar-refractivity contribution in [3.63, 3.8) is 0 Å². The predicted molar refractivity (Wildman–Crippen MR) is 107 cm³/mol. The number of nitrogens with one attached hydrogen (secondary N) is 3. The molecule has 6 heteroatoms. The number of hydrogen-bond acceptors (Lipinski definition) is 3. The monoisotopic (exact) mass is 357 g/mol. The highest BCUT2D eigenvalue weighted by atomic mass is 16.5. The first-order chi connectivity index (χ1) is 12.6. The van der Waals surface area contributed by atoms with Gasteiger partial charge in [0, 0.05) is 18.8 Å². The Morgan fingerprint density at radius 1 is 1.31 bits per heavy atom. The number of aromatic nitrogens is 2. The molecule has 142 valence electrons. The van der Waals surface area contributed by atoms with Crippen LogP contribution in [0, 0.1) is 13.8 Å². The lowest BCUT2D eigenvalue weighted by Gasteiger charge is -2.15. The summed E-state index contributed by atoms with van der Waals surface area (Å²) in [6.45, 7) is 10.5. The Hall–Kier alpha value is -2.50. The molecule has 0 spiro atoms. The summed E-state index contributed by atoms with van der Waals surface area (Å²) in [5.74, 6) is 1.72. The summed E-state index contributed by atoms with van der Waals surface area (Å²) < 4.78 is 5.94. The molecule has 0 bridgehead atoms. The van der Waals surface area contributed by atoms with E-state index < -0.39 is 0 Å². The van der Waals surface area contributed by atoms with Gasteiger partial charge in [0.15, 0.2) is 5.96 Å². The van der Waals surface area contributed by atoms with Gasteiger partial charge in [-0.05, 0) is 63.8 Å². The van der Waals surface area contributed by atoms with Crippen molar-refractivity contribution in [3.8, 4) is 5.75 Å². The molecule has 0 aliphatic rings. The summed E-state index contributed by atoms with van der Waals surface area (Å²) >= 11 is 0. The van der Waals surface area contributed by atoms with Gasteiger partial charge in [-0.25, -0.2) is 4.99 Å². The van der Waals surface area contributed by atoms with Gasteiger partial charge in [0.25, 0.3) is 0 Å². The highest BCUT2D eigenvalue weighted by molar-refractivity contribution is 5.79. The van der Waals surface area contributed by atoms with Gasteiger partial charge in [0.05, 0.1) is 12.7 Å². The van der Waals surface area contributed by atoms with Gasteiger partial charge in [0.2, 0.25) is 0 Å². The zero-order valence-electron chi connectivity index (χ0n) is 16.3. The van der Waals surface area contributed by atoms with Crippen molar-refractivity contribution in [2.45, 2.75) is 46.6 Å². The fourth-order valence-corrected chi connectivity index (χ4v) is 2.63. The summed E-state index contributed by atoms with van der Waals surface area (Å²) in [6, 6.07) is 8.10. The van der Waals surface area contributed by atoms with Gasteiger partial charge in [-0.15, -0.1) is 0 Å². The number of aliphatic imine (C=N–C) groups is 1. The van der Waals surface area contributed by atoms with Gasteiger partial charge in [-0.3, -0.25) is 5.10 Å². The van der Waals surface area contributed by atoms with Crippen LogP contribution in [0.5, 0.6) is 5.75 Å². The third-order valence-corrected chi connectivity index (χ3v) is 4.03. The van der Waals surface area contributed by atoms with Crippen LogP contribution in [0.2, 0.25) is 0 Å². The second-order valence-electron chi connectivity index (χ2n) is 6.52. The molecule has 0 aliphatic heterocycles. The van der Waals surface area contributed by atoms with E-state index >= 15 is 0 Å². The Morgan fingerprint density at radius 2 is 2.15 bits per heavy atom. The maximum Gasteiger partial charge on any atom is 0.191 e. The molecule has 1 heterocycles. The second kappa shape index (κ2) is 10.5. The third-order valence-electron chi connectivity index (χ3n) is 4.03. The SMILES string of the molecule is CCNC(=NCC(C)Oc1cccc(C)c1)NCCCc1cn[nH]c1C. The Kier molecular flexibility index (Phi) is 7.99. The largest absolute Gasteiger partial charge is 0.489 e. The number of H-pyrrole nitrogens is 1. The summed E-state index contributed by atoms with van der Waals surface area (Å²) in [5, 5.41) is 13.7. The van der Waals surface area contributed by atoms with Crippen LogP contribution >= 0.6 is 0 Å². The average molecular weight is 358 g/mol. The van der Waals surface area contributed by atoms with Crippen molar-refractivity contribution >= 4 is 5.96 Å². The molecule has 1 unspecified atom stereocenters. The maximum atomic E-state index is 5.94. The highest BCUT2D eigenvalue weighted by Gasteiger charge is 2.05. The maximum absolute atomic E-state index is 5.94. The highest BCUT2D eigenvalue weighted by Crippen LogP contribution is 2.14. The van der Waals surface area contributed by atoms with Crippen LogP contribution in [0.1, 0.15) is 37.1 Å². The first kappa shape index (κ1) is 19.8. The van der Waals surface area contributed by atoms with E-state index in [0.29, 0.717) is 6.54 Å². The number of rotatable bonds is 9. The van der Waals surface area contributed by atoms with Crippen LogP contribution in [-0.2, 0) is 6.42 Å². The van der Waals surface area contributed by atoms with Crippen molar-refractivity contribution in [1.82, 2.24) is 20.8 Å². The number of aromatic amines is 1. The molecular weight excluding hydrogens is 326 g/mol. The first-order valence-electron chi connectivity index (χ1n) is 9.32. The zero-order valence-corrected chi connectivity index (χ0v) is 16.3. The number of guanidine groups is 1. The molecule has 2 aromatic rings. The Labute approximate surface area is 156 Å². The normalized spacial score (nSPS) is 12.7. The molecule has 0 saturated carbocycles. The minimum absolute atomic E-state index is 0.0147. The third kappa shape index (κ3) is 6.78. The van der Waals surface area contributed by atoms with Crippen LogP contribution in [0.25, 0.3) is 0 Å². The molecule has 3 N–H and O–H groups in total. The molecular formula is C20H31N5O. The molecule has 0 saturated heterocycles. The fourth-order valence-electron chi connectivity index (χ4n) is 2.63. The van der Waals surface area contributed by atoms with Gasteiger partial charge in [-0.2, -0.15) is 5.10 Å². The summed E-state index contributed by atoms with van der Waals surface area (Å²) in [4.78, 5) is 4.63. The Bertz CT molecular complexity index is 695. The van der Waals surface area contributed by atoms with Crippen molar-refractivity contribution in [3.05, 3.63) is 47.3 Å². The molecule has 0 amide bonds. The zero-order chi connectivity index (χ0) is 18.8. The molecule has 2 rings (SSSR count). The summed E-state index contributed by atoms with van der Waals surface area (Å²) in [5.41, 5.74) is 3.61. The second-order valence-corrected chi connectivity index (χ2v) is 6.52. The smallest absolute Gasteiger partial charge is 0.191 e. The van der Waals surface area contributed by atoms with E-state index in [1.54, 1.807) is 0 Å². The van der Waals surface area contributed by atoms with E-state index in [2.05, 4.69) is 52.7 Å². The van der Waals surface area contributed by atoms with Crippen LogP contribution in [0.4, 0.5) is 0 Å². The van der Waals surface area contributed by atoms with Crippen molar-refractivity contribution in [1.29, 1.82) is 0 Å². The molecule has 1 atom stereocenters. The minimum atomic E-state index is 0.0147. The van der Waals surface area contributed by atoms with Gasteiger partial charge in [-0.1, -0.05) is 12.1 Å². The predicted octanol–water partition coefficient (Wildman–Crippen LogP) is 2.98. The van der Waals surface area contributed by atoms with E-state index in [4.69, 9.17) is 4.74 Å². The molecule has 0 aliphatic carbocycles. The Balaban J connectivity index is 1.76. The molecule has 1 aromatic heterocycles. The van der Waals surface area contributed by atoms with E-state index in [1.807, 2.05) is 31.3 Å². The minimum Gasteiger partial charge on any atom is -0.489 e. The van der Waals surface area contributed by atoms with Crippen LogP contribution in [0.3, 0.4) is 0 Å². The summed E-state index contributed by atoms with van der Waals surface area (Å²) in [6.07, 6.45) is 3.95.